The highest BCUT2D eigenvalue weighted by atomic mass is 32.1. The van der Waals surface area contributed by atoms with Crippen molar-refractivity contribution in [1.82, 2.24) is 4.98 Å². The van der Waals surface area contributed by atoms with Crippen LogP contribution in [0.25, 0.3) is 21.5 Å². The summed E-state index contributed by atoms with van der Waals surface area (Å²) in [4.78, 5) is 28.4. The highest BCUT2D eigenvalue weighted by Gasteiger charge is 2.15. The Kier molecular flexibility index (Phi) is 5.18. The molecule has 0 spiro atoms. The van der Waals surface area contributed by atoms with Gasteiger partial charge in [0.05, 0.1) is 10.6 Å². The van der Waals surface area contributed by atoms with E-state index in [4.69, 9.17) is 5.73 Å². The van der Waals surface area contributed by atoms with E-state index in [2.05, 4.69) is 46.9 Å². The number of benzene rings is 2. The lowest BCUT2D eigenvalue weighted by molar-refractivity contribution is -0.116. The Labute approximate surface area is 172 Å². The van der Waals surface area contributed by atoms with E-state index >= 15 is 0 Å². The summed E-state index contributed by atoms with van der Waals surface area (Å²) < 4.78 is 0. The first-order valence-corrected chi connectivity index (χ1v) is 10.2. The minimum atomic E-state index is -0.487. The second-order valence-corrected chi connectivity index (χ2v) is 7.94. The predicted molar refractivity (Wildman–Crippen MR) is 118 cm³/mol. The summed E-state index contributed by atoms with van der Waals surface area (Å²) in [6.07, 6.45) is 0.985. The molecule has 0 saturated heterocycles. The molecule has 6 heteroatoms. The number of aryl methyl sites for hydroxylation is 2. The number of H-pyrrole nitrogens is 1. The Morgan fingerprint density at radius 3 is 2.59 bits per heavy atom. The fourth-order valence-corrected chi connectivity index (χ4v) is 4.19. The summed E-state index contributed by atoms with van der Waals surface area (Å²) in [6, 6.07) is 17.0. The van der Waals surface area contributed by atoms with Crippen LogP contribution in [0.15, 0.2) is 60.0 Å². The van der Waals surface area contributed by atoms with Crippen LogP contribution in [0.3, 0.4) is 0 Å². The van der Waals surface area contributed by atoms with Crippen molar-refractivity contribution < 1.29 is 9.59 Å². The molecule has 0 aliphatic rings. The zero-order valence-corrected chi connectivity index (χ0v) is 16.8. The zero-order chi connectivity index (χ0) is 20.4. The molecule has 4 aromatic rings. The van der Waals surface area contributed by atoms with Crippen LogP contribution in [0.1, 0.15) is 27.9 Å². The molecule has 0 saturated carbocycles. The van der Waals surface area contributed by atoms with E-state index in [1.807, 2.05) is 6.07 Å². The fraction of sp³-hybridized carbons (Fsp3) is 0.130. The molecule has 0 atom stereocenters. The van der Waals surface area contributed by atoms with Gasteiger partial charge in [-0.1, -0.05) is 17.7 Å². The molecule has 2 aromatic carbocycles. The number of nitrogens with two attached hydrogens (primary N) is 1. The first kappa shape index (κ1) is 19.0. The molecule has 2 heterocycles. The van der Waals surface area contributed by atoms with Gasteiger partial charge < -0.3 is 16.0 Å². The second-order valence-electron chi connectivity index (χ2n) is 6.99. The standard InChI is InChI=1S/C23H21N3O2S/c1-14-4-10-19-18(13-14)17(22(26-19)20-3-2-12-29-20)9-11-21(27)25-16-7-5-15(6-8-16)23(24)28/h2-8,10,12-13,26H,9,11H2,1H3,(H2,24,28)(H,25,27). The number of fused-ring (bicyclic) bond motifs is 1. The molecule has 0 aliphatic heterocycles. The predicted octanol–water partition coefficient (Wildman–Crippen LogP) is 4.88. The number of anilines is 1. The van der Waals surface area contributed by atoms with E-state index in [0.29, 0.717) is 24.1 Å². The van der Waals surface area contributed by atoms with Gasteiger partial charge in [-0.25, -0.2) is 0 Å². The summed E-state index contributed by atoms with van der Waals surface area (Å²) in [5.41, 5.74) is 10.8. The van der Waals surface area contributed by atoms with Crippen LogP contribution in [-0.4, -0.2) is 16.8 Å². The topological polar surface area (TPSA) is 88.0 Å². The number of aromatic amines is 1. The van der Waals surface area contributed by atoms with E-state index in [0.717, 1.165) is 27.0 Å². The lowest BCUT2D eigenvalue weighted by atomic mass is 10.0. The molecule has 0 radical (unpaired) electrons. The third-order valence-electron chi connectivity index (χ3n) is 4.88. The lowest BCUT2D eigenvalue weighted by Crippen LogP contribution is -2.13. The average molecular weight is 404 g/mol. The summed E-state index contributed by atoms with van der Waals surface area (Å²) in [7, 11) is 0. The Morgan fingerprint density at radius 1 is 1.10 bits per heavy atom. The zero-order valence-electron chi connectivity index (χ0n) is 16.0. The van der Waals surface area contributed by atoms with Gasteiger partial charge in [-0.15, -0.1) is 11.3 Å². The lowest BCUT2D eigenvalue weighted by Gasteiger charge is -2.07. The third-order valence-corrected chi connectivity index (χ3v) is 5.77. The number of carbonyl (C=O) groups excluding carboxylic acids is 2. The fourth-order valence-electron chi connectivity index (χ4n) is 3.43. The molecular weight excluding hydrogens is 382 g/mol. The van der Waals surface area contributed by atoms with Crippen molar-refractivity contribution in [2.45, 2.75) is 19.8 Å². The number of thiophene rings is 1. The minimum Gasteiger partial charge on any atom is -0.366 e. The Hall–Kier alpha value is -3.38. The SMILES string of the molecule is Cc1ccc2[nH]c(-c3cccs3)c(CCC(=O)Nc3ccc(C(N)=O)cc3)c2c1. The highest BCUT2D eigenvalue weighted by molar-refractivity contribution is 7.13. The van der Waals surface area contributed by atoms with Gasteiger partial charge in [0.25, 0.3) is 0 Å². The van der Waals surface area contributed by atoms with Gasteiger partial charge in [0.15, 0.2) is 0 Å². The average Bonchev–Trinajstić information content (AvgIpc) is 3.34. The molecule has 5 nitrogen and oxygen atoms in total. The van der Waals surface area contributed by atoms with Crippen LogP contribution in [0.4, 0.5) is 5.69 Å². The first-order chi connectivity index (χ1) is 14.0. The summed E-state index contributed by atoms with van der Waals surface area (Å²) >= 11 is 1.68. The molecule has 0 unspecified atom stereocenters. The van der Waals surface area contributed by atoms with Crippen LogP contribution in [0.5, 0.6) is 0 Å². The normalized spacial score (nSPS) is 10.9. The van der Waals surface area contributed by atoms with Crippen molar-refractivity contribution in [2.75, 3.05) is 5.32 Å². The van der Waals surface area contributed by atoms with E-state index in [-0.39, 0.29) is 5.91 Å². The maximum atomic E-state index is 12.5. The second kappa shape index (κ2) is 7.93. The molecule has 146 valence electrons. The van der Waals surface area contributed by atoms with Crippen molar-refractivity contribution in [1.29, 1.82) is 0 Å². The smallest absolute Gasteiger partial charge is 0.248 e. The molecule has 2 amide bonds. The number of carbonyl (C=O) groups is 2. The molecule has 4 N–H and O–H groups in total. The summed E-state index contributed by atoms with van der Waals surface area (Å²) in [6.45, 7) is 2.07. The third kappa shape index (κ3) is 4.07. The quantitative estimate of drug-likeness (QED) is 0.429. The van der Waals surface area contributed by atoms with Crippen LogP contribution < -0.4 is 11.1 Å². The Balaban J connectivity index is 1.54. The van der Waals surface area contributed by atoms with Crippen LogP contribution in [0.2, 0.25) is 0 Å². The van der Waals surface area contributed by atoms with Gasteiger partial charge in [-0.05, 0) is 66.8 Å². The maximum absolute atomic E-state index is 12.5. The van der Waals surface area contributed by atoms with Crippen LogP contribution in [-0.2, 0) is 11.2 Å². The number of rotatable bonds is 6. The number of amides is 2. The summed E-state index contributed by atoms with van der Waals surface area (Å²) in [5, 5.41) is 6.10. The van der Waals surface area contributed by atoms with Crippen molar-refractivity contribution >= 4 is 39.7 Å². The minimum absolute atomic E-state index is 0.0732. The summed E-state index contributed by atoms with van der Waals surface area (Å²) in [5.74, 6) is -0.561. The molecular formula is C23H21N3O2S. The largest absolute Gasteiger partial charge is 0.366 e. The van der Waals surface area contributed by atoms with E-state index in [1.54, 1.807) is 35.6 Å². The van der Waals surface area contributed by atoms with Gasteiger partial charge in [0.1, 0.15) is 0 Å². The van der Waals surface area contributed by atoms with E-state index in [1.165, 1.54) is 5.56 Å². The molecule has 2 aromatic heterocycles. The van der Waals surface area contributed by atoms with Crippen molar-refractivity contribution in [2.24, 2.45) is 5.73 Å². The van der Waals surface area contributed by atoms with Gasteiger partial charge in [0.2, 0.25) is 11.8 Å². The molecule has 0 fully saturated rings. The van der Waals surface area contributed by atoms with E-state index in [9.17, 15) is 9.59 Å². The number of hydrogen-bond acceptors (Lipinski definition) is 3. The maximum Gasteiger partial charge on any atom is 0.248 e. The first-order valence-electron chi connectivity index (χ1n) is 9.36. The monoisotopic (exact) mass is 403 g/mol. The number of hydrogen-bond donors (Lipinski definition) is 3. The van der Waals surface area contributed by atoms with Gasteiger partial charge >= 0.3 is 0 Å². The van der Waals surface area contributed by atoms with E-state index < -0.39 is 5.91 Å². The number of aromatic nitrogens is 1. The highest BCUT2D eigenvalue weighted by Crippen LogP contribution is 2.34. The van der Waals surface area contributed by atoms with Gasteiger partial charge in [-0.3, -0.25) is 9.59 Å². The van der Waals surface area contributed by atoms with Gasteiger partial charge in [-0.2, -0.15) is 0 Å². The number of nitrogens with one attached hydrogen (secondary N) is 2. The molecule has 0 aliphatic carbocycles. The molecule has 0 bridgehead atoms. The van der Waals surface area contributed by atoms with Crippen molar-refractivity contribution in [3.63, 3.8) is 0 Å². The van der Waals surface area contributed by atoms with Gasteiger partial charge in [0, 0.05) is 28.6 Å². The van der Waals surface area contributed by atoms with Crippen molar-refractivity contribution in [3.8, 4) is 10.6 Å². The number of primary amides is 1. The van der Waals surface area contributed by atoms with Crippen LogP contribution >= 0.6 is 11.3 Å². The van der Waals surface area contributed by atoms with Crippen molar-refractivity contribution in [3.05, 3.63) is 76.7 Å². The Bertz CT molecular complexity index is 1180. The Morgan fingerprint density at radius 2 is 1.90 bits per heavy atom. The molecule has 29 heavy (non-hydrogen) atoms. The van der Waals surface area contributed by atoms with Crippen LogP contribution in [0, 0.1) is 6.92 Å². The molecule has 4 rings (SSSR count).